The van der Waals surface area contributed by atoms with Crippen LogP contribution in [-0.2, 0) is 4.74 Å². The first kappa shape index (κ1) is 17.9. The number of rotatable bonds is 5. The Bertz CT molecular complexity index is 572. The Morgan fingerprint density at radius 1 is 1.35 bits per heavy atom. The number of likely N-dealkylation sites (N-methyl/N-ethyl adjacent to an activating group) is 1. The van der Waals surface area contributed by atoms with E-state index in [9.17, 15) is 4.79 Å². The summed E-state index contributed by atoms with van der Waals surface area (Å²) < 4.78 is 5.12. The van der Waals surface area contributed by atoms with Crippen LogP contribution >= 0.6 is 23.2 Å². The number of carbonyl (C=O) groups is 1. The van der Waals surface area contributed by atoms with E-state index in [2.05, 4.69) is 10.3 Å². The Labute approximate surface area is 146 Å². The molecule has 0 radical (unpaired) electrons. The number of guanidine groups is 1. The van der Waals surface area contributed by atoms with Gasteiger partial charge in [0.1, 0.15) is 0 Å². The van der Waals surface area contributed by atoms with Crippen molar-refractivity contribution in [3.05, 3.63) is 33.8 Å². The Morgan fingerprint density at radius 2 is 2.04 bits per heavy atom. The lowest BCUT2D eigenvalue weighted by Crippen LogP contribution is -2.42. The van der Waals surface area contributed by atoms with E-state index < -0.39 is 6.09 Å². The zero-order valence-corrected chi connectivity index (χ0v) is 14.8. The van der Waals surface area contributed by atoms with Crippen LogP contribution in [0.3, 0.4) is 0 Å². The van der Waals surface area contributed by atoms with Crippen molar-refractivity contribution in [3.63, 3.8) is 0 Å². The molecule has 1 aromatic carbocycles. The summed E-state index contributed by atoms with van der Waals surface area (Å²) in [5.74, 6) is 0.523. The molecule has 1 unspecified atom stereocenters. The quantitative estimate of drug-likeness (QED) is 0.801. The van der Waals surface area contributed by atoms with Gasteiger partial charge in [-0.05, 0) is 37.1 Å². The summed E-state index contributed by atoms with van der Waals surface area (Å²) in [6.45, 7) is 5.69. The Morgan fingerprint density at radius 3 is 2.65 bits per heavy atom. The molecule has 1 aromatic rings. The Balaban J connectivity index is 2.03. The van der Waals surface area contributed by atoms with Gasteiger partial charge in [0.15, 0.2) is 0 Å². The third-order valence-corrected chi connectivity index (χ3v) is 4.05. The number of amides is 1. The molecule has 1 aliphatic rings. The van der Waals surface area contributed by atoms with Gasteiger partial charge in [-0.25, -0.2) is 4.79 Å². The van der Waals surface area contributed by atoms with E-state index in [4.69, 9.17) is 27.9 Å². The van der Waals surface area contributed by atoms with Gasteiger partial charge in [-0.2, -0.15) is 0 Å². The number of aliphatic imine (C=N–C) groups is 1. The second-order valence-electron chi connectivity index (χ2n) is 5.28. The smallest absolute Gasteiger partial charge is 0.413 e. The highest BCUT2D eigenvalue weighted by molar-refractivity contribution is 6.34. The van der Waals surface area contributed by atoms with Crippen LogP contribution in [0.15, 0.2) is 23.2 Å². The molecular formula is C16H21Cl2N3O2. The molecule has 0 fully saturated rings. The van der Waals surface area contributed by atoms with Crippen molar-refractivity contribution in [2.24, 2.45) is 4.99 Å². The number of hydrogen-bond acceptors (Lipinski definition) is 4. The number of unbranched alkanes of at least 4 members (excludes halogenated alkanes) is 1. The topological polar surface area (TPSA) is 53.9 Å². The number of ether oxygens (including phenoxy) is 1. The van der Waals surface area contributed by atoms with Gasteiger partial charge in [0.2, 0.25) is 5.96 Å². The van der Waals surface area contributed by atoms with Crippen LogP contribution < -0.4 is 5.32 Å². The first-order valence-electron chi connectivity index (χ1n) is 7.76. The molecular weight excluding hydrogens is 337 g/mol. The minimum atomic E-state index is -0.472. The molecule has 0 aliphatic carbocycles. The number of alkyl carbamates (subject to hydrolysis) is 1. The Hall–Kier alpha value is -1.46. The molecule has 0 aromatic heterocycles. The van der Waals surface area contributed by atoms with E-state index in [0.717, 1.165) is 18.4 Å². The molecule has 0 spiro atoms. The van der Waals surface area contributed by atoms with Crippen LogP contribution in [0.2, 0.25) is 10.0 Å². The first-order valence-corrected chi connectivity index (χ1v) is 8.51. The molecule has 1 heterocycles. The first-order chi connectivity index (χ1) is 11.0. The molecule has 7 heteroatoms. The zero-order chi connectivity index (χ0) is 16.8. The average molecular weight is 358 g/mol. The van der Waals surface area contributed by atoms with E-state index >= 15 is 0 Å². The summed E-state index contributed by atoms with van der Waals surface area (Å²) >= 11 is 12.2. The molecule has 1 aliphatic heterocycles. The van der Waals surface area contributed by atoms with Crippen LogP contribution in [-0.4, -0.2) is 36.6 Å². The average Bonchev–Trinajstić information content (AvgIpc) is 2.89. The van der Waals surface area contributed by atoms with Crippen LogP contribution in [0.4, 0.5) is 4.79 Å². The van der Waals surface area contributed by atoms with Crippen molar-refractivity contribution >= 4 is 35.3 Å². The van der Waals surface area contributed by atoms with Gasteiger partial charge in [-0.15, -0.1) is 0 Å². The molecule has 23 heavy (non-hydrogen) atoms. The molecule has 0 saturated carbocycles. The highest BCUT2D eigenvalue weighted by atomic mass is 35.5. The van der Waals surface area contributed by atoms with Gasteiger partial charge < -0.3 is 9.64 Å². The summed E-state index contributed by atoms with van der Waals surface area (Å²) in [5, 5.41) is 3.89. The van der Waals surface area contributed by atoms with Crippen molar-refractivity contribution < 1.29 is 9.53 Å². The van der Waals surface area contributed by atoms with Crippen molar-refractivity contribution in [2.45, 2.75) is 32.7 Å². The molecule has 1 N–H and O–H groups in total. The molecule has 126 valence electrons. The fourth-order valence-corrected chi connectivity index (χ4v) is 3.02. The summed E-state index contributed by atoms with van der Waals surface area (Å²) in [6.07, 6.45) is 1.36. The summed E-state index contributed by atoms with van der Waals surface area (Å²) in [7, 11) is 0. The lowest BCUT2D eigenvalue weighted by atomic mass is 10.1. The van der Waals surface area contributed by atoms with Crippen molar-refractivity contribution in [1.29, 1.82) is 0 Å². The normalized spacial score (nSPS) is 17.1. The van der Waals surface area contributed by atoms with Crippen LogP contribution in [0.5, 0.6) is 0 Å². The molecule has 0 bridgehead atoms. The maximum Gasteiger partial charge on any atom is 0.413 e. The standard InChI is InChI=1S/C16H21Cl2N3O2/c1-3-5-6-23-16(22)20-15-19-10-14(21(15)4-2)11-7-12(17)9-13(18)8-11/h7-9,14H,3-6,10H2,1-2H3,(H,19,20,22). The van der Waals surface area contributed by atoms with Gasteiger partial charge in [-0.3, -0.25) is 10.3 Å². The van der Waals surface area contributed by atoms with Crippen molar-refractivity contribution in [2.75, 3.05) is 19.7 Å². The molecule has 0 saturated heterocycles. The minimum absolute atomic E-state index is 0.00198. The van der Waals surface area contributed by atoms with Crippen molar-refractivity contribution in [3.8, 4) is 0 Å². The van der Waals surface area contributed by atoms with Crippen LogP contribution in [0.1, 0.15) is 38.3 Å². The van der Waals surface area contributed by atoms with Crippen LogP contribution in [0, 0.1) is 0 Å². The predicted molar refractivity (Wildman–Crippen MR) is 93.3 cm³/mol. The predicted octanol–water partition coefficient (Wildman–Crippen LogP) is 4.25. The number of benzene rings is 1. The lowest BCUT2D eigenvalue weighted by molar-refractivity contribution is 0.148. The van der Waals surface area contributed by atoms with E-state index in [1.165, 1.54) is 0 Å². The molecule has 5 nitrogen and oxygen atoms in total. The SMILES string of the molecule is CCCCOC(=O)NC1=NCC(c2cc(Cl)cc(Cl)c2)N1CC. The summed E-state index contributed by atoms with van der Waals surface area (Å²) in [5.41, 5.74) is 0.976. The summed E-state index contributed by atoms with van der Waals surface area (Å²) in [6, 6.07) is 5.45. The lowest BCUT2D eigenvalue weighted by Gasteiger charge is -2.26. The van der Waals surface area contributed by atoms with Crippen molar-refractivity contribution in [1.82, 2.24) is 10.2 Å². The number of hydrogen-bond donors (Lipinski definition) is 1. The third kappa shape index (κ3) is 4.75. The maximum atomic E-state index is 11.8. The molecule has 1 amide bonds. The third-order valence-electron chi connectivity index (χ3n) is 3.62. The number of nitrogens with zero attached hydrogens (tertiary/aromatic N) is 2. The highest BCUT2D eigenvalue weighted by Gasteiger charge is 2.29. The molecule has 2 rings (SSSR count). The van der Waals surface area contributed by atoms with E-state index in [-0.39, 0.29) is 6.04 Å². The van der Waals surface area contributed by atoms with Crippen LogP contribution in [0.25, 0.3) is 0 Å². The summed E-state index contributed by atoms with van der Waals surface area (Å²) in [4.78, 5) is 18.2. The highest BCUT2D eigenvalue weighted by Crippen LogP contribution is 2.30. The maximum absolute atomic E-state index is 11.8. The molecule has 1 atom stereocenters. The second kappa shape index (κ2) is 8.41. The van der Waals surface area contributed by atoms with E-state index in [1.807, 2.05) is 30.9 Å². The number of carbonyl (C=O) groups excluding carboxylic acids is 1. The zero-order valence-electron chi connectivity index (χ0n) is 13.3. The van der Waals surface area contributed by atoms with Gasteiger partial charge in [0.25, 0.3) is 0 Å². The van der Waals surface area contributed by atoms with Gasteiger partial charge >= 0.3 is 6.09 Å². The number of nitrogens with one attached hydrogen (secondary N) is 1. The fraction of sp³-hybridized carbons (Fsp3) is 0.500. The fourth-order valence-electron chi connectivity index (χ4n) is 2.48. The van der Waals surface area contributed by atoms with Gasteiger partial charge in [0.05, 0.1) is 19.2 Å². The minimum Gasteiger partial charge on any atom is -0.449 e. The van der Waals surface area contributed by atoms with Gasteiger partial charge in [0, 0.05) is 16.6 Å². The number of halogens is 2. The Kier molecular flexibility index (Phi) is 6.54. The van der Waals surface area contributed by atoms with Gasteiger partial charge in [-0.1, -0.05) is 36.5 Å². The second-order valence-corrected chi connectivity index (χ2v) is 6.16. The largest absolute Gasteiger partial charge is 0.449 e. The monoisotopic (exact) mass is 357 g/mol. The van der Waals surface area contributed by atoms with E-state index in [1.54, 1.807) is 6.07 Å². The van der Waals surface area contributed by atoms with E-state index in [0.29, 0.717) is 35.7 Å².